The minimum absolute atomic E-state index is 0.191. The molecule has 1 amide bonds. The average molecular weight is 340 g/mol. The van der Waals surface area contributed by atoms with Crippen LogP contribution in [0.3, 0.4) is 0 Å². The molecule has 0 saturated carbocycles. The number of nitrogens with one attached hydrogen (secondary N) is 1. The van der Waals surface area contributed by atoms with Crippen LogP contribution < -0.4 is 10.2 Å². The van der Waals surface area contributed by atoms with E-state index in [4.69, 9.17) is 0 Å². The van der Waals surface area contributed by atoms with Crippen molar-refractivity contribution in [2.45, 2.75) is 33.6 Å². The van der Waals surface area contributed by atoms with Crippen LogP contribution in [-0.4, -0.2) is 43.5 Å². The summed E-state index contributed by atoms with van der Waals surface area (Å²) in [4.78, 5) is 16.5. The molecule has 1 saturated heterocycles. The molecule has 0 aromatic heterocycles. The highest BCUT2D eigenvalue weighted by Crippen LogP contribution is 2.24. The second-order valence-corrected chi connectivity index (χ2v) is 6.51. The summed E-state index contributed by atoms with van der Waals surface area (Å²) in [5.41, 5.74) is 4.09. The Hall–Kier alpha value is -2.48. The van der Waals surface area contributed by atoms with Crippen molar-refractivity contribution in [3.8, 4) is 6.07 Å². The number of unbranched alkanes of at least 4 members (excludes halogenated alkanes) is 1. The Morgan fingerprint density at radius 3 is 2.64 bits per heavy atom. The minimum atomic E-state index is -0.270. The van der Waals surface area contributed by atoms with E-state index in [-0.39, 0.29) is 11.5 Å². The Balaban J connectivity index is 1.95. The van der Waals surface area contributed by atoms with Crippen molar-refractivity contribution < 1.29 is 4.79 Å². The van der Waals surface area contributed by atoms with Gasteiger partial charge in [-0.2, -0.15) is 5.26 Å². The van der Waals surface area contributed by atoms with E-state index in [2.05, 4.69) is 54.1 Å². The molecule has 0 radical (unpaired) electrons. The van der Waals surface area contributed by atoms with Crippen molar-refractivity contribution in [1.29, 1.82) is 5.26 Å². The monoisotopic (exact) mass is 340 g/mol. The maximum Gasteiger partial charge on any atom is 0.263 e. The van der Waals surface area contributed by atoms with E-state index in [1.54, 1.807) is 6.20 Å². The van der Waals surface area contributed by atoms with Crippen LogP contribution in [-0.2, 0) is 4.79 Å². The molecule has 0 atom stereocenters. The Labute approximate surface area is 150 Å². The van der Waals surface area contributed by atoms with Crippen LogP contribution in [0.5, 0.6) is 0 Å². The lowest BCUT2D eigenvalue weighted by molar-refractivity contribution is -0.117. The molecule has 1 aliphatic heterocycles. The second-order valence-electron chi connectivity index (χ2n) is 6.51. The number of aryl methyl sites for hydroxylation is 1. The zero-order valence-corrected chi connectivity index (χ0v) is 15.5. The van der Waals surface area contributed by atoms with Crippen molar-refractivity contribution in [3.05, 3.63) is 41.1 Å². The van der Waals surface area contributed by atoms with Crippen LogP contribution in [0, 0.1) is 25.2 Å². The summed E-state index contributed by atoms with van der Waals surface area (Å²) in [6, 6.07) is 8.42. The van der Waals surface area contributed by atoms with Crippen molar-refractivity contribution in [2.24, 2.45) is 0 Å². The molecule has 1 aliphatic rings. The number of carbonyl (C=O) groups excluding carboxylic acids is 1. The van der Waals surface area contributed by atoms with Gasteiger partial charge in [-0.05, 0) is 37.5 Å². The van der Waals surface area contributed by atoms with Crippen molar-refractivity contribution >= 4 is 11.6 Å². The van der Waals surface area contributed by atoms with E-state index in [0.717, 1.165) is 39.0 Å². The van der Waals surface area contributed by atoms with Gasteiger partial charge >= 0.3 is 0 Å². The second kappa shape index (κ2) is 9.12. The fourth-order valence-corrected chi connectivity index (χ4v) is 2.96. The van der Waals surface area contributed by atoms with Crippen LogP contribution in [0.2, 0.25) is 0 Å². The Morgan fingerprint density at radius 2 is 2.00 bits per heavy atom. The molecule has 0 bridgehead atoms. The minimum Gasteiger partial charge on any atom is -0.373 e. The fourth-order valence-electron chi connectivity index (χ4n) is 2.96. The number of hydrogen-bond acceptors (Lipinski definition) is 4. The summed E-state index contributed by atoms with van der Waals surface area (Å²) in [6.45, 7) is 10.4. The molecule has 1 aromatic rings. The third-order valence-electron chi connectivity index (χ3n) is 4.72. The van der Waals surface area contributed by atoms with E-state index in [9.17, 15) is 10.1 Å². The largest absolute Gasteiger partial charge is 0.373 e. The number of carbonyl (C=O) groups is 1. The van der Waals surface area contributed by atoms with E-state index < -0.39 is 0 Å². The average Bonchev–Trinajstić information content (AvgIpc) is 2.62. The SMILES string of the molecule is CCCCNC(=O)/C(C#N)=C\N1CCN(c2cccc(C)c2C)CC1. The highest BCUT2D eigenvalue weighted by atomic mass is 16.1. The van der Waals surface area contributed by atoms with Gasteiger partial charge in [0.25, 0.3) is 5.91 Å². The van der Waals surface area contributed by atoms with Crippen LogP contribution in [0.4, 0.5) is 5.69 Å². The standard InChI is InChI=1S/C20H28N4O/c1-4-5-9-22-20(25)18(14-21)15-23-10-12-24(13-11-23)19-8-6-7-16(2)17(19)3/h6-8,15H,4-5,9-13H2,1-3H3,(H,22,25)/b18-15-. The molecule has 25 heavy (non-hydrogen) atoms. The lowest BCUT2D eigenvalue weighted by Crippen LogP contribution is -2.44. The number of piperazine rings is 1. The molecular weight excluding hydrogens is 312 g/mol. The first-order valence-corrected chi connectivity index (χ1v) is 9.02. The third-order valence-corrected chi connectivity index (χ3v) is 4.72. The molecule has 0 spiro atoms. The lowest BCUT2D eigenvalue weighted by atomic mass is 10.1. The summed E-state index contributed by atoms with van der Waals surface area (Å²) in [7, 11) is 0. The summed E-state index contributed by atoms with van der Waals surface area (Å²) >= 11 is 0. The number of nitriles is 1. The number of hydrogen-bond donors (Lipinski definition) is 1. The first kappa shape index (κ1) is 18.9. The van der Waals surface area contributed by atoms with E-state index in [0.29, 0.717) is 6.54 Å². The number of anilines is 1. The van der Waals surface area contributed by atoms with E-state index in [1.165, 1.54) is 16.8 Å². The maximum absolute atomic E-state index is 12.1. The molecule has 5 nitrogen and oxygen atoms in total. The molecule has 5 heteroatoms. The number of nitrogens with zero attached hydrogens (tertiary/aromatic N) is 3. The van der Waals surface area contributed by atoms with Gasteiger partial charge in [0.1, 0.15) is 11.6 Å². The summed E-state index contributed by atoms with van der Waals surface area (Å²) < 4.78 is 0. The zero-order chi connectivity index (χ0) is 18.2. The van der Waals surface area contributed by atoms with Gasteiger partial charge in [0.2, 0.25) is 0 Å². The van der Waals surface area contributed by atoms with Gasteiger partial charge in [0.15, 0.2) is 0 Å². The van der Waals surface area contributed by atoms with E-state index >= 15 is 0 Å². The first-order valence-electron chi connectivity index (χ1n) is 9.02. The maximum atomic E-state index is 12.1. The van der Waals surface area contributed by atoms with Gasteiger partial charge in [-0.3, -0.25) is 4.79 Å². The van der Waals surface area contributed by atoms with Crippen molar-refractivity contribution in [2.75, 3.05) is 37.6 Å². The molecule has 1 aromatic carbocycles. The van der Waals surface area contributed by atoms with Crippen LogP contribution in [0.25, 0.3) is 0 Å². The van der Waals surface area contributed by atoms with E-state index in [1.807, 2.05) is 6.07 Å². The van der Waals surface area contributed by atoms with Crippen LogP contribution in [0.1, 0.15) is 30.9 Å². The number of rotatable bonds is 6. The Kier molecular flexibility index (Phi) is 6.88. The highest BCUT2D eigenvalue weighted by molar-refractivity contribution is 5.97. The summed E-state index contributed by atoms with van der Waals surface area (Å²) in [6.07, 6.45) is 3.66. The lowest BCUT2D eigenvalue weighted by Gasteiger charge is -2.36. The van der Waals surface area contributed by atoms with Crippen molar-refractivity contribution in [1.82, 2.24) is 10.2 Å². The van der Waals surface area contributed by atoms with Crippen molar-refractivity contribution in [3.63, 3.8) is 0 Å². The number of benzene rings is 1. The van der Waals surface area contributed by atoms with Gasteiger partial charge in [0.05, 0.1) is 0 Å². The van der Waals surface area contributed by atoms with Gasteiger partial charge in [-0.25, -0.2) is 0 Å². The Bertz CT molecular complexity index is 667. The van der Waals surface area contributed by atoms with Crippen LogP contribution in [0.15, 0.2) is 30.0 Å². The molecule has 0 unspecified atom stereocenters. The topological polar surface area (TPSA) is 59.4 Å². The predicted octanol–water partition coefficient (Wildman–Crippen LogP) is 2.75. The predicted molar refractivity (Wildman–Crippen MR) is 101 cm³/mol. The summed E-state index contributed by atoms with van der Waals surface area (Å²) in [5, 5.41) is 12.1. The quantitative estimate of drug-likeness (QED) is 0.491. The molecule has 1 fully saturated rings. The molecular formula is C20H28N4O. The molecule has 134 valence electrons. The third kappa shape index (κ3) is 4.99. The fraction of sp³-hybridized carbons (Fsp3) is 0.500. The zero-order valence-electron chi connectivity index (χ0n) is 15.5. The Morgan fingerprint density at radius 1 is 1.28 bits per heavy atom. The van der Waals surface area contributed by atoms with Gasteiger partial charge in [-0.15, -0.1) is 0 Å². The molecule has 1 N–H and O–H groups in total. The number of amides is 1. The molecule has 0 aliphatic carbocycles. The van der Waals surface area contributed by atoms with Gasteiger partial charge in [0, 0.05) is 44.6 Å². The smallest absolute Gasteiger partial charge is 0.263 e. The molecule has 2 rings (SSSR count). The van der Waals surface area contributed by atoms with Gasteiger partial charge < -0.3 is 15.1 Å². The molecule has 1 heterocycles. The first-order chi connectivity index (χ1) is 12.1. The highest BCUT2D eigenvalue weighted by Gasteiger charge is 2.18. The van der Waals surface area contributed by atoms with Gasteiger partial charge in [-0.1, -0.05) is 25.5 Å². The normalized spacial score (nSPS) is 15.0. The van der Waals surface area contributed by atoms with Crippen LogP contribution >= 0.6 is 0 Å². The summed E-state index contributed by atoms with van der Waals surface area (Å²) in [5.74, 6) is -0.270.